The zero-order valence-electron chi connectivity index (χ0n) is 16.7. The zero-order valence-corrected chi connectivity index (χ0v) is 18.3. The first-order valence-electron chi connectivity index (χ1n) is 9.10. The van der Waals surface area contributed by atoms with Crippen molar-refractivity contribution in [1.82, 2.24) is 25.5 Å². The lowest BCUT2D eigenvalue weighted by Crippen LogP contribution is -2.34. The summed E-state index contributed by atoms with van der Waals surface area (Å²) >= 11 is 3.45. The van der Waals surface area contributed by atoms with Crippen LogP contribution >= 0.6 is 15.9 Å². The molecule has 158 valence electrons. The highest BCUT2D eigenvalue weighted by molar-refractivity contribution is 9.10. The van der Waals surface area contributed by atoms with Crippen molar-refractivity contribution in [3.05, 3.63) is 63.6 Å². The molecule has 8 nitrogen and oxygen atoms in total. The van der Waals surface area contributed by atoms with E-state index in [0.29, 0.717) is 28.2 Å². The van der Waals surface area contributed by atoms with Gasteiger partial charge in [-0.05, 0) is 68.7 Å². The molecular weight excluding hydrogens is 457 g/mol. The third-order valence-electron chi connectivity index (χ3n) is 4.56. The summed E-state index contributed by atoms with van der Waals surface area (Å²) in [6, 6.07) is 8.95. The van der Waals surface area contributed by atoms with Crippen LogP contribution in [0.15, 0.2) is 40.9 Å². The number of hydrogen-bond acceptors (Lipinski definition) is 6. The minimum Gasteiger partial charge on any atom is -0.493 e. The summed E-state index contributed by atoms with van der Waals surface area (Å²) in [6.45, 7) is 1.98. The molecule has 0 radical (unpaired) electrons. The lowest BCUT2D eigenvalue weighted by atomic mass is 10.0. The topological polar surface area (TPSA) is 91.2 Å². The number of benzene rings is 2. The molecule has 0 spiro atoms. The van der Waals surface area contributed by atoms with E-state index in [2.05, 4.69) is 36.8 Å². The molecule has 1 unspecified atom stereocenters. The monoisotopic (exact) mass is 477 g/mol. The van der Waals surface area contributed by atoms with Crippen LogP contribution in [0.3, 0.4) is 0 Å². The molecular formula is C20H21BrFN5O3. The van der Waals surface area contributed by atoms with Crippen molar-refractivity contribution in [2.24, 2.45) is 0 Å². The van der Waals surface area contributed by atoms with Crippen molar-refractivity contribution >= 4 is 21.8 Å². The molecule has 0 aliphatic rings. The van der Waals surface area contributed by atoms with Gasteiger partial charge in [-0.3, -0.25) is 4.79 Å². The van der Waals surface area contributed by atoms with E-state index in [9.17, 15) is 9.18 Å². The third-order valence-corrected chi connectivity index (χ3v) is 5.15. The maximum Gasteiger partial charge on any atom is 0.245 e. The van der Waals surface area contributed by atoms with Crippen LogP contribution in [0.2, 0.25) is 0 Å². The average Bonchev–Trinajstić information content (AvgIpc) is 3.16. The minimum absolute atomic E-state index is 0.263. The molecule has 1 heterocycles. The molecule has 1 amide bonds. The number of tetrazole rings is 1. The van der Waals surface area contributed by atoms with Crippen molar-refractivity contribution in [2.45, 2.75) is 25.9 Å². The van der Waals surface area contributed by atoms with Gasteiger partial charge in [-0.1, -0.05) is 12.1 Å². The molecule has 1 atom stereocenters. The van der Waals surface area contributed by atoms with Crippen LogP contribution in [0.25, 0.3) is 0 Å². The molecule has 0 aliphatic carbocycles. The Labute approximate surface area is 181 Å². The fourth-order valence-corrected chi connectivity index (χ4v) is 3.69. The Morgan fingerprint density at radius 3 is 2.53 bits per heavy atom. The number of carbonyl (C=O) groups excluding carboxylic acids is 1. The van der Waals surface area contributed by atoms with Gasteiger partial charge in [0.25, 0.3) is 0 Å². The van der Waals surface area contributed by atoms with E-state index in [0.717, 1.165) is 11.1 Å². The van der Waals surface area contributed by atoms with E-state index in [4.69, 9.17) is 9.47 Å². The van der Waals surface area contributed by atoms with Gasteiger partial charge in [-0.15, -0.1) is 5.10 Å². The second-order valence-electron chi connectivity index (χ2n) is 6.55. The van der Waals surface area contributed by atoms with Crippen LogP contribution in [-0.4, -0.2) is 40.3 Å². The van der Waals surface area contributed by atoms with E-state index in [-0.39, 0.29) is 18.3 Å². The van der Waals surface area contributed by atoms with Gasteiger partial charge in [-0.2, -0.15) is 0 Å². The second-order valence-corrected chi connectivity index (χ2v) is 7.40. The molecule has 1 aromatic heterocycles. The smallest absolute Gasteiger partial charge is 0.245 e. The van der Waals surface area contributed by atoms with Crippen LogP contribution in [-0.2, 0) is 17.8 Å². The summed E-state index contributed by atoms with van der Waals surface area (Å²) in [4.78, 5) is 13.0. The van der Waals surface area contributed by atoms with Gasteiger partial charge in [0.15, 0.2) is 11.5 Å². The van der Waals surface area contributed by atoms with E-state index < -0.39 is 6.04 Å². The SMILES string of the molecule is COc1cc(CNC(=O)C(Cc2ccc(F)cc2)n2nnnc2C)cc(Br)c1OC. The molecule has 10 heteroatoms. The Hall–Kier alpha value is -3.01. The van der Waals surface area contributed by atoms with Crippen LogP contribution in [0, 0.1) is 12.7 Å². The van der Waals surface area contributed by atoms with Gasteiger partial charge >= 0.3 is 0 Å². The molecule has 3 rings (SSSR count). The van der Waals surface area contributed by atoms with E-state index >= 15 is 0 Å². The summed E-state index contributed by atoms with van der Waals surface area (Å²) in [6.07, 6.45) is 0.313. The number of nitrogens with zero attached hydrogens (tertiary/aromatic N) is 4. The van der Waals surface area contributed by atoms with Gasteiger partial charge in [-0.25, -0.2) is 9.07 Å². The molecule has 3 aromatic rings. The summed E-state index contributed by atoms with van der Waals surface area (Å²) in [5.74, 6) is 1.03. The van der Waals surface area contributed by atoms with Gasteiger partial charge in [0.2, 0.25) is 5.91 Å². The minimum atomic E-state index is -0.686. The maximum atomic E-state index is 13.2. The molecule has 0 fully saturated rings. The number of aromatic nitrogens is 4. The fourth-order valence-electron chi connectivity index (χ4n) is 3.04. The molecule has 0 saturated carbocycles. The first-order valence-corrected chi connectivity index (χ1v) is 9.89. The molecule has 0 aliphatic heterocycles. The zero-order chi connectivity index (χ0) is 21.7. The number of methoxy groups -OCH3 is 2. The van der Waals surface area contributed by atoms with Crippen molar-refractivity contribution in [3.63, 3.8) is 0 Å². The van der Waals surface area contributed by atoms with Gasteiger partial charge in [0.05, 0.1) is 18.7 Å². The molecule has 30 heavy (non-hydrogen) atoms. The lowest BCUT2D eigenvalue weighted by Gasteiger charge is -2.18. The van der Waals surface area contributed by atoms with Gasteiger partial charge < -0.3 is 14.8 Å². The number of carbonyl (C=O) groups is 1. The summed E-state index contributed by atoms with van der Waals surface area (Å²) in [7, 11) is 3.10. The quantitative estimate of drug-likeness (QED) is 0.536. The predicted molar refractivity (Wildman–Crippen MR) is 111 cm³/mol. The van der Waals surface area contributed by atoms with Crippen LogP contribution in [0.5, 0.6) is 11.5 Å². The first kappa shape index (κ1) is 21.7. The first-order chi connectivity index (χ1) is 14.4. The van der Waals surface area contributed by atoms with E-state index in [1.807, 2.05) is 6.07 Å². The van der Waals surface area contributed by atoms with E-state index in [1.54, 1.807) is 39.3 Å². The molecule has 0 bridgehead atoms. The number of aryl methyl sites for hydroxylation is 1. The predicted octanol–water partition coefficient (Wildman–Crippen LogP) is 3.00. The van der Waals surface area contributed by atoms with Gasteiger partial charge in [0, 0.05) is 13.0 Å². The maximum absolute atomic E-state index is 13.2. The molecule has 0 saturated heterocycles. The Morgan fingerprint density at radius 2 is 1.93 bits per heavy atom. The Bertz CT molecular complexity index is 1030. The number of rotatable bonds is 8. The summed E-state index contributed by atoms with van der Waals surface area (Å²) < 4.78 is 26.1. The van der Waals surface area contributed by atoms with Crippen LogP contribution in [0.1, 0.15) is 23.0 Å². The summed E-state index contributed by atoms with van der Waals surface area (Å²) in [5, 5.41) is 14.4. The second kappa shape index (κ2) is 9.66. The highest BCUT2D eigenvalue weighted by Crippen LogP contribution is 2.36. The standard InChI is InChI=1S/C20H21BrFN5O3/c1-12-24-25-26-27(12)17(9-13-4-6-15(22)7-5-13)20(28)23-11-14-8-16(21)19(30-3)18(10-14)29-2/h4-8,10,17H,9,11H2,1-3H3,(H,23,28). The molecule has 2 aromatic carbocycles. The number of amides is 1. The fraction of sp³-hybridized carbons (Fsp3) is 0.300. The number of ether oxygens (including phenoxy) is 2. The van der Waals surface area contributed by atoms with Crippen LogP contribution < -0.4 is 14.8 Å². The average molecular weight is 478 g/mol. The highest BCUT2D eigenvalue weighted by atomic mass is 79.9. The van der Waals surface area contributed by atoms with Crippen LogP contribution in [0.4, 0.5) is 4.39 Å². The molecule has 1 N–H and O–H groups in total. The number of halogens is 2. The van der Waals surface area contributed by atoms with Crippen molar-refractivity contribution in [2.75, 3.05) is 14.2 Å². The summed E-state index contributed by atoms with van der Waals surface area (Å²) in [5.41, 5.74) is 1.61. The van der Waals surface area contributed by atoms with Gasteiger partial charge in [0.1, 0.15) is 17.7 Å². The Morgan fingerprint density at radius 1 is 1.20 bits per heavy atom. The van der Waals surface area contributed by atoms with E-state index in [1.165, 1.54) is 16.8 Å². The Balaban J connectivity index is 1.79. The van der Waals surface area contributed by atoms with Crippen molar-refractivity contribution in [1.29, 1.82) is 0 Å². The third kappa shape index (κ3) is 4.93. The van der Waals surface area contributed by atoms with Crippen molar-refractivity contribution in [3.8, 4) is 11.5 Å². The Kier molecular flexibility index (Phi) is 6.99. The number of hydrogen-bond donors (Lipinski definition) is 1. The number of nitrogens with one attached hydrogen (secondary N) is 1. The normalized spacial score (nSPS) is 11.8. The lowest BCUT2D eigenvalue weighted by molar-refractivity contribution is -0.124. The largest absolute Gasteiger partial charge is 0.493 e. The van der Waals surface area contributed by atoms with Crippen molar-refractivity contribution < 1.29 is 18.7 Å². The highest BCUT2D eigenvalue weighted by Gasteiger charge is 2.24.